The SMILES string of the molecule is N/C(=C\N(N)CCOCCOCCOCCOCCOCCOCCOCCOCCC(=O)Oc1c(F)cc(F)cc1F)COCCOCCOCCOCCOC1CCC2(CC1)CN(c1nc(Cl)nc3c1cnn3[C@@H]1O[C@H](COCP(=O)(O)O)[C@@H](O)[C@H]1O)C2. The average Bonchev–Trinajstić information content (AvgIpc) is 1.36. The van der Waals surface area contributed by atoms with Crippen LogP contribution in [0.5, 0.6) is 5.75 Å². The van der Waals surface area contributed by atoms with Crippen molar-refractivity contribution in [2.75, 3.05) is 203 Å². The van der Waals surface area contributed by atoms with E-state index in [-0.39, 0.29) is 56.3 Å². The third kappa shape index (κ3) is 27.8. The third-order valence-corrected chi connectivity index (χ3v) is 14.6. The Kier molecular flexibility index (Phi) is 34.6. The number of anilines is 1. The molecule has 6 rings (SSSR count). The van der Waals surface area contributed by atoms with Crippen molar-refractivity contribution in [3.63, 3.8) is 0 Å². The molecule has 1 aromatic carbocycles. The zero-order chi connectivity index (χ0) is 64.4. The Balaban J connectivity index is 0.628. The molecule has 2 aromatic heterocycles. The minimum absolute atomic E-state index is 0.0211. The van der Waals surface area contributed by atoms with Crippen molar-refractivity contribution in [3.05, 3.63) is 53.0 Å². The van der Waals surface area contributed by atoms with Gasteiger partial charge >= 0.3 is 13.6 Å². The maximum absolute atomic E-state index is 13.6. The standard InChI is InChI=1S/C55H87ClF3N8O22P/c56-54-63-51(43-33-62-67(52(43)64-54)53-49(70)48(69)46(88-53)36-86-39-90(71,72)73)65-37-55(38-65)4-1-42(2-5-55)87-30-29-84-26-25-82-23-24-83-27-28-85-35-41(60)34-66(61)6-8-75-10-12-77-14-16-79-18-20-81-22-21-80-19-17-78-15-13-76-11-9-74-7-3-47(68)89-50-44(58)31-40(57)32-45(50)59/h31-34,42,46,48-49,53,69-70H,1-30,35-39,60-61H2,(H2,71,72,73)/b41-34-/t46-,48-,49-,53-/m1/s1. The number of hydrogen-bond acceptors (Lipinski definition) is 27. The lowest BCUT2D eigenvalue weighted by Gasteiger charge is -2.54. The quantitative estimate of drug-likeness (QED) is 0.00889. The van der Waals surface area contributed by atoms with Crippen molar-refractivity contribution in [2.24, 2.45) is 17.0 Å². The summed E-state index contributed by atoms with van der Waals surface area (Å²) in [6.45, 7) is 10.6. The Morgan fingerprint density at radius 1 is 0.700 bits per heavy atom. The van der Waals surface area contributed by atoms with Crippen LogP contribution in [-0.4, -0.2) is 273 Å². The number of halogens is 4. The summed E-state index contributed by atoms with van der Waals surface area (Å²) in [5.74, 6) is 0.986. The molecule has 0 bridgehead atoms. The number of carbonyl (C=O) groups excluding carboxylic acids is 1. The zero-order valence-electron chi connectivity index (χ0n) is 50.4. The number of hydrazine groups is 1. The van der Waals surface area contributed by atoms with Crippen LogP contribution >= 0.6 is 19.2 Å². The van der Waals surface area contributed by atoms with E-state index in [2.05, 4.69) is 24.7 Å². The van der Waals surface area contributed by atoms with Gasteiger partial charge in [0.25, 0.3) is 0 Å². The number of aliphatic hydroxyl groups excluding tert-OH is 2. The van der Waals surface area contributed by atoms with Gasteiger partial charge in [-0.05, 0) is 37.3 Å². The van der Waals surface area contributed by atoms with Crippen molar-refractivity contribution in [1.82, 2.24) is 24.8 Å². The van der Waals surface area contributed by atoms with Gasteiger partial charge < -0.3 is 111 Å². The van der Waals surface area contributed by atoms with Crippen LogP contribution in [0.15, 0.2) is 30.2 Å². The van der Waals surface area contributed by atoms with Crippen LogP contribution in [0.1, 0.15) is 38.3 Å². The number of aromatic nitrogens is 4. The molecule has 1 saturated carbocycles. The second-order valence-electron chi connectivity index (χ2n) is 20.9. The van der Waals surface area contributed by atoms with E-state index in [1.807, 2.05) is 0 Å². The Morgan fingerprint density at radius 2 is 1.18 bits per heavy atom. The first-order valence-electron chi connectivity index (χ1n) is 29.7. The summed E-state index contributed by atoms with van der Waals surface area (Å²) < 4.78 is 140. The minimum atomic E-state index is -4.43. The molecule has 0 unspecified atom stereocenters. The van der Waals surface area contributed by atoms with Gasteiger partial charge in [-0.25, -0.2) is 23.7 Å². The van der Waals surface area contributed by atoms with Crippen LogP contribution in [0, 0.1) is 22.9 Å². The van der Waals surface area contributed by atoms with E-state index in [0.717, 1.165) is 38.8 Å². The van der Waals surface area contributed by atoms with E-state index in [1.54, 1.807) is 12.4 Å². The highest BCUT2D eigenvalue weighted by Gasteiger charge is 2.48. The number of nitrogens with zero attached hydrogens (tertiary/aromatic N) is 6. The molecular weight excluding hydrogens is 1250 g/mol. The Hall–Kier alpha value is -4.11. The molecule has 2 aliphatic heterocycles. The fraction of sp³-hybridized carbons (Fsp3) is 0.745. The van der Waals surface area contributed by atoms with Gasteiger partial charge in [0, 0.05) is 36.8 Å². The van der Waals surface area contributed by atoms with Crippen molar-refractivity contribution < 1.29 is 118 Å². The molecule has 1 aliphatic carbocycles. The summed E-state index contributed by atoms with van der Waals surface area (Å²) in [6, 6.07) is 0.838. The summed E-state index contributed by atoms with van der Waals surface area (Å²) >= 11 is 6.38. The Labute approximate surface area is 524 Å². The largest absolute Gasteiger partial charge is 0.420 e. The fourth-order valence-electron chi connectivity index (χ4n) is 9.47. The van der Waals surface area contributed by atoms with Crippen LogP contribution in [0.2, 0.25) is 5.28 Å². The lowest BCUT2D eigenvalue weighted by molar-refractivity contribution is -0.136. The van der Waals surface area contributed by atoms with Crippen LogP contribution in [-0.2, 0) is 80.4 Å². The predicted octanol–water partition coefficient (Wildman–Crippen LogP) is 1.60. The van der Waals surface area contributed by atoms with Crippen LogP contribution in [0.25, 0.3) is 11.0 Å². The Morgan fingerprint density at radius 3 is 1.69 bits per heavy atom. The van der Waals surface area contributed by atoms with E-state index < -0.39 is 67.7 Å². The number of fused-ring (bicyclic) bond motifs is 1. The Bertz CT molecular complexity index is 2570. The molecular formula is C55H87ClF3N8O22P. The fourth-order valence-corrected chi connectivity index (χ4v) is 9.97. The molecule has 3 fully saturated rings. The van der Waals surface area contributed by atoms with Crippen molar-refractivity contribution in [1.29, 1.82) is 0 Å². The number of benzene rings is 1. The monoisotopic (exact) mass is 1330 g/mol. The van der Waals surface area contributed by atoms with Crippen molar-refractivity contribution >= 4 is 42.0 Å². The molecule has 3 aliphatic rings. The molecule has 0 amide bonds. The second kappa shape index (κ2) is 41.6. The minimum Gasteiger partial charge on any atom is -0.420 e. The predicted molar refractivity (Wildman–Crippen MR) is 312 cm³/mol. The van der Waals surface area contributed by atoms with Gasteiger partial charge in [-0.2, -0.15) is 15.1 Å². The van der Waals surface area contributed by atoms with E-state index in [9.17, 15) is 32.7 Å². The molecule has 4 heterocycles. The number of carbonyl (C=O) groups is 1. The van der Waals surface area contributed by atoms with E-state index >= 15 is 0 Å². The number of nitrogens with two attached hydrogens (primary N) is 2. The highest BCUT2D eigenvalue weighted by atomic mass is 35.5. The lowest BCUT2D eigenvalue weighted by atomic mass is 9.68. The van der Waals surface area contributed by atoms with Gasteiger partial charge in [-0.3, -0.25) is 9.36 Å². The highest BCUT2D eigenvalue weighted by Crippen LogP contribution is 2.47. The molecule has 0 radical (unpaired) electrons. The first-order chi connectivity index (χ1) is 43.5. The van der Waals surface area contributed by atoms with E-state index in [0.29, 0.717) is 180 Å². The van der Waals surface area contributed by atoms with Crippen molar-refractivity contribution in [2.45, 2.75) is 62.7 Å². The van der Waals surface area contributed by atoms with Gasteiger partial charge in [0.1, 0.15) is 36.3 Å². The van der Waals surface area contributed by atoms with Gasteiger partial charge in [-0.15, -0.1) is 0 Å². The first kappa shape index (κ1) is 74.9. The smallest absolute Gasteiger partial charge is 0.350 e. The van der Waals surface area contributed by atoms with Gasteiger partial charge in [-0.1, -0.05) is 0 Å². The van der Waals surface area contributed by atoms with Crippen molar-refractivity contribution in [3.8, 4) is 5.75 Å². The normalized spacial score (nSPS) is 18.8. The third-order valence-electron chi connectivity index (χ3n) is 13.9. The molecule has 1 spiro atoms. The number of hydrogen-bond donors (Lipinski definition) is 6. The first-order valence-corrected chi connectivity index (χ1v) is 31.9. The molecule has 90 heavy (non-hydrogen) atoms. The van der Waals surface area contributed by atoms with E-state index in [4.69, 9.17) is 104 Å². The maximum atomic E-state index is 13.6. The van der Waals surface area contributed by atoms with Gasteiger partial charge in [0.15, 0.2) is 23.5 Å². The molecule has 8 N–H and O–H groups in total. The molecule has 512 valence electrons. The topological polar surface area (TPSA) is 365 Å². The molecule has 4 atom stereocenters. The molecule has 35 heteroatoms. The average molecular weight is 1340 g/mol. The van der Waals surface area contributed by atoms with Crippen LogP contribution < -0.4 is 21.2 Å². The number of esters is 1. The summed E-state index contributed by atoms with van der Waals surface area (Å²) in [7, 11) is -4.43. The van der Waals surface area contributed by atoms with E-state index in [1.165, 1.54) is 9.69 Å². The van der Waals surface area contributed by atoms with Crippen LogP contribution in [0.4, 0.5) is 19.0 Å². The number of aliphatic hydroxyl groups is 2. The molecule has 30 nitrogen and oxygen atoms in total. The number of rotatable bonds is 50. The highest BCUT2D eigenvalue weighted by molar-refractivity contribution is 7.51. The number of ether oxygens (including phenoxy) is 16. The summed E-state index contributed by atoms with van der Waals surface area (Å²) in [6.07, 6.45) is 0.956. The van der Waals surface area contributed by atoms with Gasteiger partial charge in [0.2, 0.25) is 11.0 Å². The molecule has 3 aromatic rings. The lowest BCUT2D eigenvalue weighted by Crippen LogP contribution is -2.58. The van der Waals surface area contributed by atoms with Gasteiger partial charge in [0.05, 0.1) is 208 Å². The second-order valence-corrected chi connectivity index (χ2v) is 22.9. The van der Waals surface area contributed by atoms with Crippen LogP contribution in [0.3, 0.4) is 0 Å². The maximum Gasteiger partial charge on any atom is 0.350 e. The summed E-state index contributed by atoms with van der Waals surface area (Å²) in [5, 5.41) is 27.7. The summed E-state index contributed by atoms with van der Waals surface area (Å²) in [4.78, 5) is 40.9. The molecule has 2 saturated heterocycles. The zero-order valence-corrected chi connectivity index (χ0v) is 52.0. The summed E-state index contributed by atoms with van der Waals surface area (Å²) in [5.41, 5.74) is 6.91.